The van der Waals surface area contributed by atoms with Crippen LogP contribution in [0.3, 0.4) is 0 Å². The van der Waals surface area contributed by atoms with E-state index in [1.165, 1.54) is 37.0 Å². The molecule has 1 aromatic heterocycles. The van der Waals surface area contributed by atoms with E-state index in [0.29, 0.717) is 5.69 Å². The molecule has 0 aliphatic carbocycles. The average Bonchev–Trinajstić information content (AvgIpc) is 2.70. The van der Waals surface area contributed by atoms with E-state index in [0.717, 1.165) is 16.9 Å². The summed E-state index contributed by atoms with van der Waals surface area (Å²) in [5, 5.41) is 4.63. The molecule has 0 spiro atoms. The van der Waals surface area contributed by atoms with E-state index < -0.39 is 0 Å². The number of unbranched alkanes of at least 4 members (excludes halogenated alkanes) is 4. The molecule has 0 unspecified atom stereocenters. The highest BCUT2D eigenvalue weighted by atomic mass is 79.9. The smallest absolute Gasteiger partial charge is 0.270 e. The molecule has 1 aromatic rings. The Labute approximate surface area is 109 Å². The Balaban J connectivity index is 2.11. The number of amides is 1. The van der Waals surface area contributed by atoms with Gasteiger partial charge in [-0.05, 0) is 22.4 Å². The molecule has 0 bridgehead atoms. The third kappa shape index (κ3) is 5.07. The van der Waals surface area contributed by atoms with E-state index in [4.69, 9.17) is 0 Å². The second-order valence-electron chi connectivity index (χ2n) is 3.66. The molecule has 1 heterocycles. The standard InChI is InChI=1S/C11H17BrN2OS/c1-2-3-4-5-6-7-13-10(15)9-8-16-11(12)14-9/h8H,2-7H2,1H3,(H,13,15). The molecular weight excluding hydrogens is 288 g/mol. The fraction of sp³-hybridized carbons (Fsp3) is 0.636. The summed E-state index contributed by atoms with van der Waals surface area (Å²) in [5.41, 5.74) is 0.505. The highest BCUT2D eigenvalue weighted by Gasteiger charge is 2.08. The van der Waals surface area contributed by atoms with Crippen LogP contribution in [0.15, 0.2) is 9.30 Å². The number of rotatable bonds is 7. The molecule has 3 nitrogen and oxygen atoms in total. The number of halogens is 1. The first-order valence-electron chi connectivity index (χ1n) is 5.63. The van der Waals surface area contributed by atoms with E-state index >= 15 is 0 Å². The van der Waals surface area contributed by atoms with Gasteiger partial charge in [0.1, 0.15) is 5.69 Å². The van der Waals surface area contributed by atoms with Crippen LogP contribution < -0.4 is 5.32 Å². The van der Waals surface area contributed by atoms with Crippen LogP contribution in [-0.4, -0.2) is 17.4 Å². The second kappa shape index (κ2) is 7.79. The summed E-state index contributed by atoms with van der Waals surface area (Å²) < 4.78 is 0.751. The van der Waals surface area contributed by atoms with Gasteiger partial charge in [0.15, 0.2) is 3.92 Å². The SMILES string of the molecule is CCCCCCCNC(=O)c1csc(Br)n1. The van der Waals surface area contributed by atoms with Gasteiger partial charge in [0.2, 0.25) is 0 Å². The first-order valence-corrected chi connectivity index (χ1v) is 7.30. The van der Waals surface area contributed by atoms with Gasteiger partial charge in [-0.2, -0.15) is 0 Å². The average molecular weight is 305 g/mol. The molecule has 0 aliphatic heterocycles. The molecule has 16 heavy (non-hydrogen) atoms. The molecule has 0 saturated carbocycles. The van der Waals surface area contributed by atoms with Gasteiger partial charge < -0.3 is 5.32 Å². The lowest BCUT2D eigenvalue weighted by Crippen LogP contribution is -2.24. The van der Waals surface area contributed by atoms with Crippen LogP contribution in [0.4, 0.5) is 0 Å². The van der Waals surface area contributed by atoms with Crippen molar-refractivity contribution in [2.24, 2.45) is 0 Å². The summed E-state index contributed by atoms with van der Waals surface area (Å²) in [7, 11) is 0. The number of hydrogen-bond acceptors (Lipinski definition) is 3. The van der Waals surface area contributed by atoms with Crippen LogP contribution in [0.1, 0.15) is 49.5 Å². The highest BCUT2D eigenvalue weighted by Crippen LogP contribution is 2.15. The van der Waals surface area contributed by atoms with Crippen molar-refractivity contribution >= 4 is 33.2 Å². The van der Waals surface area contributed by atoms with Gasteiger partial charge in [-0.1, -0.05) is 32.6 Å². The van der Waals surface area contributed by atoms with E-state index in [2.05, 4.69) is 33.2 Å². The number of nitrogens with zero attached hydrogens (tertiary/aromatic N) is 1. The Morgan fingerprint density at radius 1 is 1.44 bits per heavy atom. The Bertz CT molecular complexity index is 328. The largest absolute Gasteiger partial charge is 0.351 e. The van der Waals surface area contributed by atoms with Crippen LogP contribution in [0.25, 0.3) is 0 Å². The number of hydrogen-bond donors (Lipinski definition) is 1. The Morgan fingerprint density at radius 2 is 2.19 bits per heavy atom. The molecule has 0 saturated heterocycles. The van der Waals surface area contributed by atoms with Crippen molar-refractivity contribution in [3.63, 3.8) is 0 Å². The lowest BCUT2D eigenvalue weighted by atomic mass is 10.1. The Hall–Kier alpha value is -0.420. The Kier molecular flexibility index (Phi) is 6.64. The maximum Gasteiger partial charge on any atom is 0.270 e. The van der Waals surface area contributed by atoms with Crippen LogP contribution >= 0.6 is 27.3 Å². The number of aromatic nitrogens is 1. The summed E-state index contributed by atoms with van der Waals surface area (Å²) in [5.74, 6) is -0.0718. The molecule has 0 radical (unpaired) electrons. The van der Waals surface area contributed by atoms with Gasteiger partial charge in [0.05, 0.1) is 0 Å². The van der Waals surface area contributed by atoms with E-state index in [1.54, 1.807) is 5.38 Å². The molecule has 0 aliphatic rings. The van der Waals surface area contributed by atoms with Crippen molar-refractivity contribution < 1.29 is 4.79 Å². The van der Waals surface area contributed by atoms with Crippen LogP contribution in [0, 0.1) is 0 Å². The summed E-state index contributed by atoms with van der Waals surface area (Å²) in [6.07, 6.45) is 6.03. The van der Waals surface area contributed by atoms with Crippen molar-refractivity contribution in [2.45, 2.75) is 39.0 Å². The first-order chi connectivity index (χ1) is 7.74. The van der Waals surface area contributed by atoms with Gasteiger partial charge in [-0.25, -0.2) is 4.98 Å². The van der Waals surface area contributed by atoms with Gasteiger partial charge in [0.25, 0.3) is 5.91 Å². The third-order valence-corrected chi connectivity index (χ3v) is 3.64. The molecule has 1 amide bonds. The minimum Gasteiger partial charge on any atom is -0.351 e. The summed E-state index contributed by atoms with van der Waals surface area (Å²) in [4.78, 5) is 15.6. The number of carbonyl (C=O) groups is 1. The molecular formula is C11H17BrN2OS. The topological polar surface area (TPSA) is 42.0 Å². The molecule has 5 heteroatoms. The van der Waals surface area contributed by atoms with E-state index in [-0.39, 0.29) is 5.91 Å². The summed E-state index contributed by atoms with van der Waals surface area (Å²) in [6.45, 7) is 2.94. The summed E-state index contributed by atoms with van der Waals surface area (Å²) >= 11 is 4.67. The molecule has 90 valence electrons. The third-order valence-electron chi connectivity index (χ3n) is 2.27. The lowest BCUT2D eigenvalue weighted by molar-refractivity contribution is 0.0948. The molecule has 1 rings (SSSR count). The van der Waals surface area contributed by atoms with Crippen LogP contribution in [-0.2, 0) is 0 Å². The number of nitrogens with one attached hydrogen (secondary N) is 1. The van der Waals surface area contributed by atoms with Gasteiger partial charge >= 0.3 is 0 Å². The number of thiazole rings is 1. The molecule has 0 aromatic carbocycles. The van der Waals surface area contributed by atoms with Crippen molar-refractivity contribution in [3.05, 3.63) is 15.0 Å². The van der Waals surface area contributed by atoms with Gasteiger partial charge in [0, 0.05) is 11.9 Å². The van der Waals surface area contributed by atoms with Crippen LogP contribution in [0.5, 0.6) is 0 Å². The predicted molar refractivity (Wildman–Crippen MR) is 70.9 cm³/mol. The molecule has 0 atom stereocenters. The first kappa shape index (κ1) is 13.6. The van der Waals surface area contributed by atoms with Crippen molar-refractivity contribution in [2.75, 3.05) is 6.54 Å². The monoisotopic (exact) mass is 304 g/mol. The van der Waals surface area contributed by atoms with Crippen molar-refractivity contribution in [1.82, 2.24) is 10.3 Å². The maximum absolute atomic E-state index is 11.6. The minimum atomic E-state index is -0.0718. The van der Waals surface area contributed by atoms with E-state index in [9.17, 15) is 4.79 Å². The van der Waals surface area contributed by atoms with Crippen molar-refractivity contribution in [1.29, 1.82) is 0 Å². The normalized spacial score (nSPS) is 10.4. The second-order valence-corrected chi connectivity index (χ2v) is 5.79. The zero-order valence-electron chi connectivity index (χ0n) is 9.46. The van der Waals surface area contributed by atoms with E-state index in [1.807, 2.05) is 0 Å². The quantitative estimate of drug-likeness (QED) is 0.782. The minimum absolute atomic E-state index is 0.0718. The maximum atomic E-state index is 11.6. The Morgan fingerprint density at radius 3 is 2.81 bits per heavy atom. The van der Waals surface area contributed by atoms with Gasteiger partial charge in [-0.3, -0.25) is 4.79 Å². The molecule has 1 N–H and O–H groups in total. The summed E-state index contributed by atoms with van der Waals surface area (Å²) in [6, 6.07) is 0. The highest BCUT2D eigenvalue weighted by molar-refractivity contribution is 9.11. The zero-order valence-corrected chi connectivity index (χ0v) is 11.9. The van der Waals surface area contributed by atoms with Crippen molar-refractivity contribution in [3.8, 4) is 0 Å². The predicted octanol–water partition coefficient (Wildman–Crippen LogP) is 3.61. The fourth-order valence-corrected chi connectivity index (χ4v) is 2.37. The molecule has 0 fully saturated rings. The number of carbonyl (C=O) groups excluding carboxylic acids is 1. The zero-order chi connectivity index (χ0) is 11.8. The van der Waals surface area contributed by atoms with Crippen LogP contribution in [0.2, 0.25) is 0 Å². The lowest BCUT2D eigenvalue weighted by Gasteiger charge is -2.02. The van der Waals surface area contributed by atoms with Gasteiger partial charge in [-0.15, -0.1) is 11.3 Å². The fourth-order valence-electron chi connectivity index (χ4n) is 1.38.